The average molecular weight is 465 g/mol. The van der Waals surface area contributed by atoms with Gasteiger partial charge in [-0.25, -0.2) is 10.2 Å². The van der Waals surface area contributed by atoms with Crippen molar-refractivity contribution >= 4 is 51.1 Å². The molecule has 0 aliphatic carbocycles. The second kappa shape index (κ2) is 9.64. The Morgan fingerprint density at radius 1 is 1.03 bits per heavy atom. The Balaban J connectivity index is 1.44. The average Bonchev–Trinajstić information content (AvgIpc) is 3.16. The third-order valence-electron chi connectivity index (χ3n) is 4.52. The number of hydrogen-bond donors (Lipinski definition) is 1. The first-order valence-corrected chi connectivity index (χ1v) is 10.7. The van der Waals surface area contributed by atoms with Crippen LogP contribution in [0.15, 0.2) is 77.9 Å². The highest BCUT2D eigenvalue weighted by Crippen LogP contribution is 2.35. The van der Waals surface area contributed by atoms with Crippen LogP contribution in [-0.4, -0.2) is 25.2 Å². The molecule has 6 nitrogen and oxygen atoms in total. The van der Waals surface area contributed by atoms with E-state index >= 15 is 0 Å². The van der Waals surface area contributed by atoms with Crippen LogP contribution in [0.3, 0.4) is 0 Å². The molecule has 4 rings (SSSR count). The normalized spacial score (nSPS) is 10.9. The molecule has 4 aromatic rings. The van der Waals surface area contributed by atoms with Gasteiger partial charge in [0.15, 0.2) is 0 Å². The molecule has 1 amide bonds. The zero-order chi connectivity index (χ0) is 22.5. The number of nitrogens with one attached hydrogen (secondary N) is 1. The molecule has 1 aromatic heterocycles. The molecule has 8 heteroatoms. The van der Waals surface area contributed by atoms with Gasteiger partial charge in [-0.2, -0.15) is 5.10 Å². The molecule has 0 saturated heterocycles. The van der Waals surface area contributed by atoms with Crippen LogP contribution in [0, 0.1) is 0 Å². The van der Waals surface area contributed by atoms with Gasteiger partial charge in [-0.15, -0.1) is 11.3 Å². The molecule has 0 aliphatic heterocycles. The summed E-state index contributed by atoms with van der Waals surface area (Å²) >= 11 is 7.64. The van der Waals surface area contributed by atoms with E-state index in [2.05, 4.69) is 10.5 Å². The summed E-state index contributed by atoms with van der Waals surface area (Å²) in [7, 11) is 1.49. The van der Waals surface area contributed by atoms with Gasteiger partial charge >= 0.3 is 5.97 Å². The molecule has 0 saturated carbocycles. The summed E-state index contributed by atoms with van der Waals surface area (Å²) in [5.41, 5.74) is 3.47. The lowest BCUT2D eigenvalue weighted by molar-refractivity contribution is 0.0739. The third kappa shape index (κ3) is 4.64. The van der Waals surface area contributed by atoms with Crippen molar-refractivity contribution in [3.05, 3.63) is 93.8 Å². The summed E-state index contributed by atoms with van der Waals surface area (Å²) in [5, 5.41) is 5.17. The van der Waals surface area contributed by atoms with E-state index in [1.165, 1.54) is 24.7 Å². The number of carbonyl (C=O) groups is 2. The van der Waals surface area contributed by atoms with E-state index in [0.717, 1.165) is 10.1 Å². The lowest BCUT2D eigenvalue weighted by Crippen LogP contribution is -2.18. The van der Waals surface area contributed by atoms with Crippen molar-refractivity contribution in [2.24, 2.45) is 5.10 Å². The minimum atomic E-state index is -0.533. The Labute approximate surface area is 193 Å². The topological polar surface area (TPSA) is 77.0 Å². The summed E-state index contributed by atoms with van der Waals surface area (Å²) < 4.78 is 11.6. The van der Waals surface area contributed by atoms with E-state index in [4.69, 9.17) is 21.1 Å². The van der Waals surface area contributed by atoms with E-state index in [1.54, 1.807) is 48.5 Å². The number of carbonyl (C=O) groups excluding carboxylic acids is 2. The fourth-order valence-corrected chi connectivity index (χ4v) is 4.40. The highest BCUT2D eigenvalue weighted by atomic mass is 35.5. The predicted molar refractivity (Wildman–Crippen MR) is 126 cm³/mol. The highest BCUT2D eigenvalue weighted by molar-refractivity contribution is 7.21. The van der Waals surface area contributed by atoms with Gasteiger partial charge in [-0.3, -0.25) is 4.79 Å². The van der Waals surface area contributed by atoms with Crippen molar-refractivity contribution in [2.75, 3.05) is 7.11 Å². The molecule has 32 heavy (non-hydrogen) atoms. The Morgan fingerprint density at radius 2 is 1.81 bits per heavy atom. The van der Waals surface area contributed by atoms with Gasteiger partial charge in [0.25, 0.3) is 5.91 Å². The maximum absolute atomic E-state index is 12.6. The molecule has 160 valence electrons. The number of rotatable bonds is 6. The SMILES string of the molecule is COc1ccccc1C(=O)N/N=C/c1cccc(OC(=O)c2sc3ccccc3c2Cl)c1. The van der Waals surface area contributed by atoms with Crippen molar-refractivity contribution in [1.82, 2.24) is 5.43 Å². The number of benzene rings is 3. The van der Waals surface area contributed by atoms with Crippen LogP contribution in [0.4, 0.5) is 0 Å². The Bertz CT molecular complexity index is 1330. The summed E-state index contributed by atoms with van der Waals surface area (Å²) in [5.74, 6) is -0.145. The van der Waals surface area contributed by atoms with Crippen LogP contribution >= 0.6 is 22.9 Å². The molecule has 0 spiro atoms. The van der Waals surface area contributed by atoms with Crippen molar-refractivity contribution < 1.29 is 19.1 Å². The van der Waals surface area contributed by atoms with Crippen LogP contribution in [0.5, 0.6) is 11.5 Å². The van der Waals surface area contributed by atoms with Gasteiger partial charge in [0, 0.05) is 10.1 Å². The molecule has 0 aliphatic rings. The summed E-state index contributed by atoms with van der Waals surface area (Å²) in [6, 6.07) is 21.1. The van der Waals surface area contributed by atoms with Crippen LogP contribution in [-0.2, 0) is 0 Å². The number of nitrogens with zero attached hydrogens (tertiary/aromatic N) is 1. The Hall–Kier alpha value is -3.68. The number of halogens is 1. The number of para-hydroxylation sites is 1. The molecule has 1 N–H and O–H groups in total. The van der Waals surface area contributed by atoms with Gasteiger partial charge in [-0.05, 0) is 35.9 Å². The molecule has 0 atom stereocenters. The number of thiophene rings is 1. The largest absolute Gasteiger partial charge is 0.496 e. The number of methoxy groups -OCH3 is 1. The fraction of sp³-hybridized carbons (Fsp3) is 0.0417. The molecule has 0 unspecified atom stereocenters. The number of fused-ring (bicyclic) bond motifs is 1. The van der Waals surface area contributed by atoms with Gasteiger partial charge in [0.05, 0.1) is 23.9 Å². The number of ether oxygens (including phenoxy) is 2. The maximum atomic E-state index is 12.6. The zero-order valence-corrected chi connectivity index (χ0v) is 18.4. The Kier molecular flexibility index (Phi) is 6.49. The summed E-state index contributed by atoms with van der Waals surface area (Å²) in [6.07, 6.45) is 1.46. The van der Waals surface area contributed by atoms with E-state index in [-0.39, 0.29) is 0 Å². The van der Waals surface area contributed by atoms with Gasteiger partial charge in [0.1, 0.15) is 16.4 Å². The first kappa shape index (κ1) is 21.5. The van der Waals surface area contributed by atoms with Crippen LogP contribution < -0.4 is 14.9 Å². The molecular formula is C24H17ClN2O4S. The van der Waals surface area contributed by atoms with E-state index in [0.29, 0.717) is 32.5 Å². The molecule has 3 aromatic carbocycles. The van der Waals surface area contributed by atoms with Crippen molar-refractivity contribution in [2.45, 2.75) is 0 Å². The quantitative estimate of drug-likeness (QED) is 0.176. The zero-order valence-electron chi connectivity index (χ0n) is 16.9. The van der Waals surface area contributed by atoms with Crippen molar-refractivity contribution in [3.63, 3.8) is 0 Å². The lowest BCUT2D eigenvalue weighted by Gasteiger charge is -2.06. The van der Waals surface area contributed by atoms with Gasteiger partial charge in [-0.1, -0.05) is 54.1 Å². The standard InChI is InChI=1S/C24H17ClN2O4S/c1-30-19-11-4-2-9-17(19)23(28)27-26-14-15-7-6-8-16(13-15)31-24(29)22-21(25)18-10-3-5-12-20(18)32-22/h2-14H,1H3,(H,27,28)/b26-14+. The van der Waals surface area contributed by atoms with Crippen LogP contribution in [0.1, 0.15) is 25.6 Å². The summed E-state index contributed by atoms with van der Waals surface area (Å²) in [6.45, 7) is 0. The molecule has 0 radical (unpaired) electrons. The number of hydrogen-bond acceptors (Lipinski definition) is 6. The van der Waals surface area contributed by atoms with E-state index in [9.17, 15) is 9.59 Å². The predicted octanol–water partition coefficient (Wildman–Crippen LogP) is 5.55. The highest BCUT2D eigenvalue weighted by Gasteiger charge is 2.19. The van der Waals surface area contributed by atoms with E-state index < -0.39 is 11.9 Å². The minimum Gasteiger partial charge on any atom is -0.496 e. The molecule has 0 fully saturated rings. The first-order valence-electron chi connectivity index (χ1n) is 9.52. The van der Waals surface area contributed by atoms with Crippen LogP contribution in [0.2, 0.25) is 5.02 Å². The number of esters is 1. The van der Waals surface area contributed by atoms with Crippen molar-refractivity contribution in [3.8, 4) is 11.5 Å². The fourth-order valence-electron chi connectivity index (χ4n) is 3.01. The smallest absolute Gasteiger partial charge is 0.355 e. The van der Waals surface area contributed by atoms with Crippen LogP contribution in [0.25, 0.3) is 10.1 Å². The van der Waals surface area contributed by atoms with Gasteiger partial charge in [0.2, 0.25) is 0 Å². The second-order valence-corrected chi connectivity index (χ2v) is 8.03. The lowest BCUT2D eigenvalue weighted by atomic mass is 10.2. The molecular weight excluding hydrogens is 448 g/mol. The molecule has 0 bridgehead atoms. The Morgan fingerprint density at radius 3 is 2.62 bits per heavy atom. The monoisotopic (exact) mass is 464 g/mol. The second-order valence-electron chi connectivity index (χ2n) is 6.60. The van der Waals surface area contributed by atoms with Gasteiger partial charge < -0.3 is 9.47 Å². The molecule has 1 heterocycles. The first-order chi connectivity index (χ1) is 15.6. The van der Waals surface area contributed by atoms with Crippen molar-refractivity contribution in [1.29, 1.82) is 0 Å². The van der Waals surface area contributed by atoms with E-state index in [1.807, 2.05) is 24.3 Å². The summed E-state index contributed by atoms with van der Waals surface area (Å²) in [4.78, 5) is 25.3. The maximum Gasteiger partial charge on any atom is 0.355 e. The number of hydrazone groups is 1. The number of amides is 1. The third-order valence-corrected chi connectivity index (χ3v) is 6.18. The minimum absolute atomic E-state index is 0.337.